The Balaban J connectivity index is 4.45. The molecule has 3 amide bonds. The van der Waals surface area contributed by atoms with Crippen LogP contribution in [0.5, 0.6) is 0 Å². The maximum Gasteiger partial charge on any atom is 0.326 e. The van der Waals surface area contributed by atoms with Crippen molar-refractivity contribution in [2.24, 2.45) is 0 Å². The molecular formula is C12H21N3O6. The number of nitrogens with zero attached hydrogens (tertiary/aromatic N) is 1. The Hall–Kier alpha value is -2.32. The van der Waals surface area contributed by atoms with Crippen LogP contribution in [0.25, 0.3) is 0 Å². The molecule has 0 radical (unpaired) electrons. The van der Waals surface area contributed by atoms with Crippen LogP contribution in [0.2, 0.25) is 0 Å². The standard InChI is InChI=1S/C12H21N3O6/c1-7(10(17)15(2)3)13-12(20)14-8(11(18)19)5-6-9(16)21-4/h7-8H,5-6H2,1-4H3,(H,18,19)(H2,13,14,20)/t7?,8-/m0/s1. The molecular weight excluding hydrogens is 282 g/mol. The molecule has 0 fully saturated rings. The number of carbonyl (C=O) groups is 4. The van der Waals surface area contributed by atoms with Gasteiger partial charge in [0.2, 0.25) is 5.91 Å². The zero-order valence-electron chi connectivity index (χ0n) is 12.5. The number of aliphatic carboxylic acids is 1. The molecule has 0 heterocycles. The van der Waals surface area contributed by atoms with E-state index in [-0.39, 0.29) is 18.7 Å². The summed E-state index contributed by atoms with van der Waals surface area (Å²) in [5, 5.41) is 13.5. The van der Waals surface area contributed by atoms with Gasteiger partial charge < -0.3 is 25.4 Å². The van der Waals surface area contributed by atoms with Gasteiger partial charge in [0.05, 0.1) is 7.11 Å². The topological polar surface area (TPSA) is 125 Å². The van der Waals surface area contributed by atoms with Crippen molar-refractivity contribution in [2.75, 3.05) is 21.2 Å². The zero-order chi connectivity index (χ0) is 16.6. The van der Waals surface area contributed by atoms with Gasteiger partial charge in [-0.2, -0.15) is 0 Å². The van der Waals surface area contributed by atoms with Crippen molar-refractivity contribution in [1.29, 1.82) is 0 Å². The molecule has 1 unspecified atom stereocenters. The van der Waals surface area contributed by atoms with Crippen molar-refractivity contribution in [2.45, 2.75) is 31.8 Å². The van der Waals surface area contributed by atoms with Crippen LogP contribution in [0, 0.1) is 0 Å². The van der Waals surface area contributed by atoms with Crippen LogP contribution in [0.15, 0.2) is 0 Å². The summed E-state index contributed by atoms with van der Waals surface area (Å²) < 4.78 is 4.40. The molecule has 9 heteroatoms. The summed E-state index contributed by atoms with van der Waals surface area (Å²) in [5.74, 6) is -2.17. The molecule has 2 atom stereocenters. The fourth-order valence-electron chi connectivity index (χ4n) is 1.47. The largest absolute Gasteiger partial charge is 0.480 e. The lowest BCUT2D eigenvalue weighted by atomic mass is 10.1. The van der Waals surface area contributed by atoms with Gasteiger partial charge in [0, 0.05) is 20.5 Å². The molecule has 0 aliphatic rings. The Labute approximate surface area is 122 Å². The van der Waals surface area contributed by atoms with Gasteiger partial charge in [0.25, 0.3) is 0 Å². The van der Waals surface area contributed by atoms with Crippen molar-refractivity contribution in [3.63, 3.8) is 0 Å². The van der Waals surface area contributed by atoms with E-state index in [1.54, 1.807) is 0 Å². The fraction of sp³-hybridized carbons (Fsp3) is 0.667. The van der Waals surface area contributed by atoms with E-state index in [2.05, 4.69) is 15.4 Å². The highest BCUT2D eigenvalue weighted by molar-refractivity contribution is 5.88. The highest BCUT2D eigenvalue weighted by atomic mass is 16.5. The highest BCUT2D eigenvalue weighted by Gasteiger charge is 2.23. The Bertz CT molecular complexity index is 410. The first kappa shape index (κ1) is 18.7. The predicted molar refractivity (Wildman–Crippen MR) is 72.5 cm³/mol. The molecule has 0 aromatic carbocycles. The second-order valence-corrected chi connectivity index (χ2v) is 4.58. The normalized spacial score (nSPS) is 12.8. The fourth-order valence-corrected chi connectivity index (χ4v) is 1.47. The van der Waals surface area contributed by atoms with E-state index in [1.165, 1.54) is 33.0 Å². The average Bonchev–Trinajstić information content (AvgIpc) is 2.41. The number of hydrogen-bond acceptors (Lipinski definition) is 5. The van der Waals surface area contributed by atoms with E-state index in [4.69, 9.17) is 5.11 Å². The third kappa shape index (κ3) is 7.14. The van der Waals surface area contributed by atoms with Crippen molar-refractivity contribution >= 4 is 23.9 Å². The van der Waals surface area contributed by atoms with E-state index < -0.39 is 30.1 Å². The average molecular weight is 303 g/mol. The van der Waals surface area contributed by atoms with Gasteiger partial charge in [-0.05, 0) is 13.3 Å². The monoisotopic (exact) mass is 303 g/mol. The molecule has 0 aliphatic heterocycles. The minimum absolute atomic E-state index is 0.106. The van der Waals surface area contributed by atoms with Crippen molar-refractivity contribution in [3.8, 4) is 0 Å². The Morgan fingerprint density at radius 3 is 2.19 bits per heavy atom. The van der Waals surface area contributed by atoms with E-state index in [0.29, 0.717) is 0 Å². The molecule has 0 aliphatic carbocycles. The highest BCUT2D eigenvalue weighted by Crippen LogP contribution is 2.00. The summed E-state index contributed by atoms with van der Waals surface area (Å²) in [5.41, 5.74) is 0. The minimum Gasteiger partial charge on any atom is -0.480 e. The summed E-state index contributed by atoms with van der Waals surface area (Å²) >= 11 is 0. The number of hydrogen-bond donors (Lipinski definition) is 3. The minimum atomic E-state index is -1.28. The lowest BCUT2D eigenvalue weighted by Crippen LogP contribution is -2.52. The number of nitrogens with one attached hydrogen (secondary N) is 2. The molecule has 0 saturated heterocycles. The molecule has 0 rings (SSSR count). The van der Waals surface area contributed by atoms with Crippen molar-refractivity contribution in [1.82, 2.24) is 15.5 Å². The number of carboxylic acids is 1. The smallest absolute Gasteiger partial charge is 0.326 e. The van der Waals surface area contributed by atoms with Gasteiger partial charge >= 0.3 is 18.0 Å². The van der Waals surface area contributed by atoms with Crippen LogP contribution < -0.4 is 10.6 Å². The molecule has 0 bridgehead atoms. The third-order valence-electron chi connectivity index (χ3n) is 2.63. The van der Waals surface area contributed by atoms with Gasteiger partial charge in [-0.15, -0.1) is 0 Å². The molecule has 0 spiro atoms. The first-order chi connectivity index (χ1) is 9.68. The first-order valence-corrected chi connectivity index (χ1v) is 6.26. The lowest BCUT2D eigenvalue weighted by Gasteiger charge is -2.20. The van der Waals surface area contributed by atoms with Crippen molar-refractivity contribution < 1.29 is 29.0 Å². The number of amides is 3. The van der Waals surface area contributed by atoms with Gasteiger partial charge in [-0.25, -0.2) is 9.59 Å². The molecule has 120 valence electrons. The zero-order valence-corrected chi connectivity index (χ0v) is 12.5. The molecule has 0 aromatic heterocycles. The predicted octanol–water partition coefficient (Wildman–Crippen LogP) is -0.831. The molecule has 0 saturated carbocycles. The van der Waals surface area contributed by atoms with Crippen molar-refractivity contribution in [3.05, 3.63) is 0 Å². The van der Waals surface area contributed by atoms with Crippen LogP contribution in [0.1, 0.15) is 19.8 Å². The number of urea groups is 1. The lowest BCUT2D eigenvalue weighted by molar-refractivity contribution is -0.142. The summed E-state index contributed by atoms with van der Waals surface area (Å²) in [6.07, 6.45) is -0.245. The summed E-state index contributed by atoms with van der Waals surface area (Å²) in [7, 11) is 4.26. The number of carbonyl (C=O) groups excluding carboxylic acids is 3. The second kappa shape index (κ2) is 8.77. The number of methoxy groups -OCH3 is 1. The van der Waals surface area contributed by atoms with E-state index >= 15 is 0 Å². The Morgan fingerprint density at radius 2 is 1.76 bits per heavy atom. The Morgan fingerprint density at radius 1 is 1.19 bits per heavy atom. The molecule has 3 N–H and O–H groups in total. The summed E-state index contributed by atoms with van der Waals surface area (Å²) in [6.45, 7) is 1.48. The third-order valence-corrected chi connectivity index (χ3v) is 2.63. The number of likely N-dealkylation sites (N-methyl/N-ethyl adjacent to an activating group) is 1. The molecule has 9 nitrogen and oxygen atoms in total. The number of rotatable bonds is 7. The van der Waals surface area contributed by atoms with Crippen LogP contribution in [-0.4, -0.2) is 67.2 Å². The van der Waals surface area contributed by atoms with Crippen LogP contribution >= 0.6 is 0 Å². The Kier molecular flexibility index (Phi) is 7.80. The first-order valence-electron chi connectivity index (χ1n) is 6.26. The molecule has 21 heavy (non-hydrogen) atoms. The van der Waals surface area contributed by atoms with Crippen LogP contribution in [0.4, 0.5) is 4.79 Å². The maximum absolute atomic E-state index is 11.6. The van der Waals surface area contributed by atoms with Crippen LogP contribution in [0.3, 0.4) is 0 Å². The summed E-state index contributed by atoms with van der Waals surface area (Å²) in [4.78, 5) is 46.5. The van der Waals surface area contributed by atoms with Gasteiger partial charge in [-0.1, -0.05) is 0 Å². The number of esters is 1. The van der Waals surface area contributed by atoms with Gasteiger partial charge in [0.1, 0.15) is 12.1 Å². The molecule has 0 aromatic rings. The summed E-state index contributed by atoms with van der Waals surface area (Å²) in [6, 6.07) is -2.84. The van der Waals surface area contributed by atoms with E-state index in [1.807, 2.05) is 0 Å². The van der Waals surface area contributed by atoms with Crippen LogP contribution in [-0.2, 0) is 19.1 Å². The number of carboxylic acid groups (broad SMARTS) is 1. The van der Waals surface area contributed by atoms with Gasteiger partial charge in [0.15, 0.2) is 0 Å². The van der Waals surface area contributed by atoms with Gasteiger partial charge in [-0.3, -0.25) is 9.59 Å². The quantitative estimate of drug-likeness (QED) is 0.527. The maximum atomic E-state index is 11.6. The van der Waals surface area contributed by atoms with E-state index in [9.17, 15) is 19.2 Å². The second-order valence-electron chi connectivity index (χ2n) is 4.58. The number of ether oxygens (including phenoxy) is 1. The van der Waals surface area contributed by atoms with E-state index in [0.717, 1.165) is 0 Å². The SMILES string of the molecule is COC(=O)CC[C@H](NC(=O)NC(C)C(=O)N(C)C)C(=O)O.